The lowest BCUT2D eigenvalue weighted by Gasteiger charge is -2.09. The normalized spacial score (nSPS) is 14.4. The molecular formula is C10H17N3O2S. The van der Waals surface area contributed by atoms with E-state index < -0.39 is 10.8 Å². The first-order valence-electron chi connectivity index (χ1n) is 5.10. The Morgan fingerprint density at radius 2 is 2.31 bits per heavy atom. The molecule has 1 aromatic rings. The van der Waals surface area contributed by atoms with Crippen LogP contribution in [0.15, 0.2) is 17.2 Å². The molecule has 0 amide bonds. The maximum Gasteiger partial charge on any atom is 0.293 e. The Hall–Kier alpha value is -1.17. The molecule has 2 unspecified atom stereocenters. The van der Waals surface area contributed by atoms with Crippen molar-refractivity contribution in [2.24, 2.45) is 7.05 Å². The third-order valence-electron chi connectivity index (χ3n) is 2.43. The van der Waals surface area contributed by atoms with Gasteiger partial charge in [0.25, 0.3) is 5.56 Å². The molecule has 0 aliphatic carbocycles. The highest BCUT2D eigenvalue weighted by atomic mass is 32.2. The van der Waals surface area contributed by atoms with Gasteiger partial charge in [-0.2, -0.15) is 0 Å². The van der Waals surface area contributed by atoms with Crippen molar-refractivity contribution in [3.63, 3.8) is 0 Å². The van der Waals surface area contributed by atoms with Crippen molar-refractivity contribution in [3.05, 3.63) is 22.7 Å². The second kappa shape index (κ2) is 5.79. The van der Waals surface area contributed by atoms with Crippen LogP contribution in [0.2, 0.25) is 0 Å². The van der Waals surface area contributed by atoms with Crippen LogP contribution in [0.3, 0.4) is 0 Å². The number of hydrogen-bond donors (Lipinski definition) is 1. The first kappa shape index (κ1) is 12.9. The predicted octanol–water partition coefficient (Wildman–Crippen LogP) is 0.349. The molecule has 0 fully saturated rings. The lowest BCUT2D eigenvalue weighted by atomic mass is 10.3. The van der Waals surface area contributed by atoms with Crippen LogP contribution in [-0.2, 0) is 17.8 Å². The number of rotatable bonds is 5. The third-order valence-corrected chi connectivity index (χ3v) is 3.80. The van der Waals surface area contributed by atoms with Gasteiger partial charge in [-0.05, 0) is 6.42 Å². The summed E-state index contributed by atoms with van der Waals surface area (Å²) in [7, 11) is 0.858. The quantitative estimate of drug-likeness (QED) is 0.810. The zero-order valence-corrected chi connectivity index (χ0v) is 10.6. The summed E-state index contributed by atoms with van der Waals surface area (Å²) in [6.07, 6.45) is 5.62. The van der Waals surface area contributed by atoms with Crippen LogP contribution < -0.4 is 10.9 Å². The molecule has 1 aromatic heterocycles. The molecule has 0 radical (unpaired) electrons. The molecular weight excluding hydrogens is 226 g/mol. The molecule has 0 saturated carbocycles. The van der Waals surface area contributed by atoms with E-state index in [1.807, 2.05) is 6.92 Å². The summed E-state index contributed by atoms with van der Waals surface area (Å²) in [6, 6.07) is 0. The first-order valence-corrected chi connectivity index (χ1v) is 6.72. The van der Waals surface area contributed by atoms with E-state index in [2.05, 4.69) is 10.3 Å². The number of nitrogens with one attached hydrogen (secondary N) is 1. The Balaban J connectivity index is 2.53. The molecule has 6 heteroatoms. The van der Waals surface area contributed by atoms with E-state index in [1.165, 1.54) is 4.57 Å². The van der Waals surface area contributed by atoms with Crippen LogP contribution in [0.5, 0.6) is 0 Å². The summed E-state index contributed by atoms with van der Waals surface area (Å²) in [5, 5.41) is 3.09. The molecule has 1 rings (SSSR count). The zero-order valence-electron chi connectivity index (χ0n) is 9.77. The lowest BCUT2D eigenvalue weighted by Crippen LogP contribution is -2.23. The van der Waals surface area contributed by atoms with Crippen LogP contribution in [0.4, 0.5) is 5.82 Å². The standard InChI is InChI=1S/C10H17N3O2S/c1-8(16(3)15)4-5-11-9-10(14)13(2)7-6-12-9/h6-8H,4-5H2,1-3H3,(H,11,12). The fourth-order valence-corrected chi connectivity index (χ4v) is 1.63. The lowest BCUT2D eigenvalue weighted by molar-refractivity contribution is 0.672. The number of hydrogen-bond acceptors (Lipinski definition) is 4. The molecule has 0 aromatic carbocycles. The number of aromatic nitrogens is 2. The summed E-state index contributed by atoms with van der Waals surface area (Å²) in [5.41, 5.74) is -0.146. The Kier molecular flexibility index (Phi) is 4.67. The van der Waals surface area contributed by atoms with Crippen LogP contribution in [0.25, 0.3) is 0 Å². The maximum absolute atomic E-state index is 11.6. The predicted molar refractivity (Wildman–Crippen MR) is 66.1 cm³/mol. The second-order valence-corrected chi connectivity index (χ2v) is 5.52. The van der Waals surface area contributed by atoms with E-state index in [0.717, 1.165) is 6.42 Å². The molecule has 1 N–H and O–H groups in total. The third kappa shape index (κ3) is 3.44. The van der Waals surface area contributed by atoms with E-state index in [-0.39, 0.29) is 10.8 Å². The molecule has 90 valence electrons. The van der Waals surface area contributed by atoms with Crippen molar-refractivity contribution in [2.75, 3.05) is 18.1 Å². The maximum atomic E-state index is 11.6. The van der Waals surface area contributed by atoms with E-state index >= 15 is 0 Å². The van der Waals surface area contributed by atoms with Gasteiger partial charge in [0.1, 0.15) is 0 Å². The van der Waals surface area contributed by atoms with E-state index in [1.54, 1.807) is 25.7 Å². The van der Waals surface area contributed by atoms with Gasteiger partial charge in [-0.3, -0.25) is 9.00 Å². The van der Waals surface area contributed by atoms with Crippen molar-refractivity contribution < 1.29 is 4.21 Å². The molecule has 0 aliphatic rings. The van der Waals surface area contributed by atoms with E-state index in [4.69, 9.17) is 0 Å². The van der Waals surface area contributed by atoms with Gasteiger partial charge in [-0.1, -0.05) is 6.92 Å². The minimum absolute atomic E-state index is 0.125. The highest BCUT2D eigenvalue weighted by Crippen LogP contribution is 2.00. The van der Waals surface area contributed by atoms with Gasteiger partial charge in [0.05, 0.1) is 0 Å². The van der Waals surface area contributed by atoms with Gasteiger partial charge < -0.3 is 9.88 Å². The molecule has 1 heterocycles. The van der Waals surface area contributed by atoms with Crippen LogP contribution in [-0.4, -0.2) is 31.8 Å². The first-order chi connectivity index (χ1) is 7.52. The van der Waals surface area contributed by atoms with Crippen molar-refractivity contribution >= 4 is 16.6 Å². The average molecular weight is 243 g/mol. The van der Waals surface area contributed by atoms with Gasteiger partial charge >= 0.3 is 0 Å². The van der Waals surface area contributed by atoms with Crippen LogP contribution in [0, 0.1) is 0 Å². The smallest absolute Gasteiger partial charge is 0.293 e. The molecule has 16 heavy (non-hydrogen) atoms. The highest BCUT2D eigenvalue weighted by Gasteiger charge is 2.06. The number of aryl methyl sites for hydroxylation is 1. The molecule has 0 saturated heterocycles. The Labute approximate surface area is 97.4 Å². The van der Waals surface area contributed by atoms with Crippen molar-refractivity contribution in [1.82, 2.24) is 9.55 Å². The Bertz CT molecular complexity index is 430. The van der Waals surface area contributed by atoms with Crippen LogP contribution in [0.1, 0.15) is 13.3 Å². The summed E-state index contributed by atoms with van der Waals surface area (Å²) in [4.78, 5) is 15.5. The molecule has 2 atom stereocenters. The van der Waals surface area contributed by atoms with Gasteiger partial charge in [0, 0.05) is 48.3 Å². The fourth-order valence-electron chi connectivity index (χ4n) is 1.18. The molecule has 5 nitrogen and oxygen atoms in total. The summed E-state index contributed by atoms with van der Waals surface area (Å²) in [6.45, 7) is 2.53. The minimum Gasteiger partial charge on any atom is -0.365 e. The van der Waals surface area contributed by atoms with Gasteiger partial charge in [0.2, 0.25) is 0 Å². The number of nitrogens with zero attached hydrogens (tertiary/aromatic N) is 2. The summed E-state index contributed by atoms with van der Waals surface area (Å²) in [5.74, 6) is 0.346. The monoisotopic (exact) mass is 243 g/mol. The van der Waals surface area contributed by atoms with Gasteiger partial charge in [-0.15, -0.1) is 0 Å². The van der Waals surface area contributed by atoms with Crippen molar-refractivity contribution in [2.45, 2.75) is 18.6 Å². The SMILES string of the molecule is CC(CCNc1nccn(C)c1=O)S(C)=O. The van der Waals surface area contributed by atoms with E-state index in [0.29, 0.717) is 12.4 Å². The van der Waals surface area contributed by atoms with Gasteiger partial charge in [-0.25, -0.2) is 4.98 Å². The highest BCUT2D eigenvalue weighted by molar-refractivity contribution is 7.84. The summed E-state index contributed by atoms with van der Waals surface area (Å²) < 4.78 is 12.6. The van der Waals surface area contributed by atoms with E-state index in [9.17, 15) is 9.00 Å². The largest absolute Gasteiger partial charge is 0.365 e. The Morgan fingerprint density at radius 3 is 2.94 bits per heavy atom. The minimum atomic E-state index is -0.822. The van der Waals surface area contributed by atoms with Crippen LogP contribution >= 0.6 is 0 Å². The van der Waals surface area contributed by atoms with Gasteiger partial charge in [0.15, 0.2) is 5.82 Å². The second-order valence-electron chi connectivity index (χ2n) is 3.72. The average Bonchev–Trinajstić information content (AvgIpc) is 2.24. The molecule has 0 spiro atoms. The molecule has 0 bridgehead atoms. The van der Waals surface area contributed by atoms with Crippen molar-refractivity contribution in [1.29, 1.82) is 0 Å². The zero-order chi connectivity index (χ0) is 12.1. The number of anilines is 1. The summed E-state index contributed by atoms with van der Waals surface area (Å²) >= 11 is 0. The fraction of sp³-hybridized carbons (Fsp3) is 0.600. The topological polar surface area (TPSA) is 64.0 Å². The van der Waals surface area contributed by atoms with Crippen molar-refractivity contribution in [3.8, 4) is 0 Å². The molecule has 0 aliphatic heterocycles. The Morgan fingerprint density at radius 1 is 1.62 bits per heavy atom.